The summed E-state index contributed by atoms with van der Waals surface area (Å²) in [5, 5.41) is 9.10. The number of carbonyl (C=O) groups is 3. The van der Waals surface area contributed by atoms with Crippen molar-refractivity contribution in [3.05, 3.63) is 0 Å². The fraction of sp³-hybridized carbons (Fsp3) is 0.750. The molecule has 0 saturated carbocycles. The average molecular weight is 288 g/mol. The fourth-order valence-electron chi connectivity index (χ4n) is 2.35. The van der Waals surface area contributed by atoms with Crippen molar-refractivity contribution in [2.24, 2.45) is 11.7 Å². The quantitative estimate of drug-likeness (QED) is 0.699. The number of primary amides is 1. The van der Waals surface area contributed by atoms with E-state index >= 15 is 0 Å². The summed E-state index contributed by atoms with van der Waals surface area (Å²) in [4.78, 5) is 35.0. The molecular weight excluding hydrogens is 268 g/mol. The first-order valence-corrected chi connectivity index (χ1v) is 7.27. The predicted octanol–water partition coefficient (Wildman–Crippen LogP) is 0.307. The van der Waals surface area contributed by atoms with E-state index in [1.54, 1.807) is 0 Å². The maximum absolute atomic E-state index is 11.1. The van der Waals surface area contributed by atoms with Crippen molar-refractivity contribution in [3.8, 4) is 0 Å². The summed E-state index contributed by atoms with van der Waals surface area (Å²) in [7, 11) is 0. The smallest absolute Gasteiger partial charge is 0.320 e. The van der Waals surface area contributed by atoms with E-state index < -0.39 is 17.9 Å². The molecule has 1 fully saturated rings. The second kappa shape index (κ2) is 7.49. The van der Waals surface area contributed by atoms with Crippen LogP contribution in [0.2, 0.25) is 0 Å². The first-order chi connectivity index (χ1) is 8.90. The second-order valence-corrected chi connectivity index (χ2v) is 6.03. The van der Waals surface area contributed by atoms with Crippen molar-refractivity contribution in [1.29, 1.82) is 0 Å². The van der Waals surface area contributed by atoms with Crippen LogP contribution >= 0.6 is 11.8 Å². The summed E-state index contributed by atoms with van der Waals surface area (Å²) in [6.07, 6.45) is 1.67. The van der Waals surface area contributed by atoms with E-state index in [9.17, 15) is 14.4 Å². The molecule has 0 radical (unpaired) electrons. The van der Waals surface area contributed by atoms with E-state index in [0.717, 1.165) is 24.7 Å². The van der Waals surface area contributed by atoms with Gasteiger partial charge in [-0.15, -0.1) is 0 Å². The van der Waals surface area contributed by atoms with Crippen LogP contribution in [-0.2, 0) is 14.4 Å². The van der Waals surface area contributed by atoms with Gasteiger partial charge < -0.3 is 10.8 Å². The molecule has 0 aliphatic carbocycles. The van der Waals surface area contributed by atoms with Crippen LogP contribution in [0.4, 0.5) is 0 Å². The van der Waals surface area contributed by atoms with E-state index in [-0.39, 0.29) is 17.5 Å². The molecule has 1 aliphatic heterocycles. The Morgan fingerprint density at radius 2 is 2.16 bits per heavy atom. The summed E-state index contributed by atoms with van der Waals surface area (Å²) < 4.78 is 0. The minimum atomic E-state index is -0.824. The van der Waals surface area contributed by atoms with Crippen LogP contribution in [-0.4, -0.2) is 51.9 Å². The Morgan fingerprint density at radius 1 is 1.47 bits per heavy atom. The van der Waals surface area contributed by atoms with Crippen molar-refractivity contribution in [2.75, 3.05) is 18.8 Å². The van der Waals surface area contributed by atoms with Crippen molar-refractivity contribution in [1.82, 2.24) is 4.90 Å². The molecule has 0 aromatic carbocycles. The number of carboxylic acid groups (broad SMARTS) is 1. The van der Waals surface area contributed by atoms with Gasteiger partial charge in [0, 0.05) is 25.6 Å². The predicted molar refractivity (Wildman–Crippen MR) is 72.7 cm³/mol. The molecule has 1 saturated heterocycles. The minimum absolute atomic E-state index is 0.00863. The zero-order valence-corrected chi connectivity index (χ0v) is 11.8. The minimum Gasteiger partial charge on any atom is -0.480 e. The number of thioether (sulfide) groups is 1. The third-order valence-electron chi connectivity index (χ3n) is 3.15. The molecule has 0 aromatic heterocycles. The van der Waals surface area contributed by atoms with Gasteiger partial charge in [-0.1, -0.05) is 11.8 Å². The second-order valence-electron chi connectivity index (χ2n) is 4.83. The number of hydrogen-bond acceptors (Lipinski definition) is 5. The SMILES string of the molecule is CC(=O)SCC(CC(N)=O)CN1CCC[C@H]1C(=O)O. The van der Waals surface area contributed by atoms with Gasteiger partial charge in [0.1, 0.15) is 6.04 Å². The van der Waals surface area contributed by atoms with Crippen LogP contribution < -0.4 is 5.73 Å². The zero-order valence-electron chi connectivity index (χ0n) is 11.0. The highest BCUT2D eigenvalue weighted by Crippen LogP contribution is 2.22. The third kappa shape index (κ3) is 5.61. The van der Waals surface area contributed by atoms with Gasteiger partial charge in [-0.05, 0) is 25.3 Å². The van der Waals surface area contributed by atoms with E-state index in [2.05, 4.69) is 0 Å². The number of carboxylic acids is 1. The van der Waals surface area contributed by atoms with Crippen molar-refractivity contribution < 1.29 is 19.5 Å². The Labute approximate surface area is 116 Å². The number of rotatable bonds is 7. The van der Waals surface area contributed by atoms with Gasteiger partial charge in [0.05, 0.1) is 0 Å². The molecule has 2 atom stereocenters. The lowest BCUT2D eigenvalue weighted by molar-refractivity contribution is -0.142. The van der Waals surface area contributed by atoms with Crippen molar-refractivity contribution in [3.63, 3.8) is 0 Å². The number of aliphatic carboxylic acids is 1. The molecule has 1 amide bonds. The van der Waals surface area contributed by atoms with E-state index in [1.807, 2.05) is 4.90 Å². The third-order valence-corrected chi connectivity index (χ3v) is 4.20. The molecular formula is C12H20N2O4S. The molecule has 0 aromatic rings. The molecule has 1 heterocycles. The monoisotopic (exact) mass is 288 g/mol. The highest BCUT2D eigenvalue weighted by atomic mass is 32.2. The number of hydrogen-bond donors (Lipinski definition) is 2. The van der Waals surface area contributed by atoms with Crippen LogP contribution in [0.5, 0.6) is 0 Å². The molecule has 6 nitrogen and oxygen atoms in total. The fourth-order valence-corrected chi connectivity index (χ4v) is 3.05. The van der Waals surface area contributed by atoms with Crippen LogP contribution in [0.1, 0.15) is 26.2 Å². The first kappa shape index (κ1) is 16.0. The van der Waals surface area contributed by atoms with Crippen LogP contribution in [0.3, 0.4) is 0 Å². The van der Waals surface area contributed by atoms with Gasteiger partial charge in [0.25, 0.3) is 0 Å². The standard InChI is InChI=1S/C12H20N2O4S/c1-8(15)19-7-9(5-11(13)16)6-14-4-2-3-10(14)12(17)18/h9-10H,2-7H2,1H3,(H2,13,16)(H,17,18)/t9?,10-/m0/s1. The Bertz CT molecular complexity index is 362. The first-order valence-electron chi connectivity index (χ1n) is 6.28. The summed E-state index contributed by atoms with van der Waals surface area (Å²) >= 11 is 1.15. The summed E-state index contributed by atoms with van der Waals surface area (Å²) in [6, 6.07) is -0.474. The zero-order chi connectivity index (χ0) is 14.4. The van der Waals surface area contributed by atoms with Gasteiger partial charge in [0.2, 0.25) is 5.91 Å². The Hall–Kier alpha value is -1.08. The molecule has 19 heavy (non-hydrogen) atoms. The van der Waals surface area contributed by atoms with Gasteiger partial charge >= 0.3 is 5.97 Å². The maximum atomic E-state index is 11.1. The lowest BCUT2D eigenvalue weighted by Gasteiger charge is -2.25. The Kier molecular flexibility index (Phi) is 6.30. The van der Waals surface area contributed by atoms with Gasteiger partial charge in [-0.25, -0.2) is 0 Å². The summed E-state index contributed by atoms with van der Waals surface area (Å²) in [5.41, 5.74) is 5.20. The van der Waals surface area contributed by atoms with Gasteiger partial charge in [-0.3, -0.25) is 19.3 Å². The van der Waals surface area contributed by atoms with Crippen molar-refractivity contribution in [2.45, 2.75) is 32.2 Å². The summed E-state index contributed by atoms with van der Waals surface area (Å²) in [6.45, 7) is 2.69. The number of amides is 1. The van der Waals surface area contributed by atoms with Gasteiger partial charge in [-0.2, -0.15) is 0 Å². The maximum Gasteiger partial charge on any atom is 0.320 e. The Morgan fingerprint density at radius 3 is 2.68 bits per heavy atom. The van der Waals surface area contributed by atoms with Gasteiger partial charge in [0.15, 0.2) is 5.12 Å². The lowest BCUT2D eigenvalue weighted by Crippen LogP contribution is -2.40. The topological polar surface area (TPSA) is 101 Å². The molecule has 0 spiro atoms. The molecule has 7 heteroatoms. The normalized spacial score (nSPS) is 21.2. The van der Waals surface area contributed by atoms with Crippen LogP contribution in [0, 0.1) is 5.92 Å². The molecule has 0 bridgehead atoms. The molecule has 108 valence electrons. The van der Waals surface area contributed by atoms with E-state index in [4.69, 9.17) is 10.8 Å². The van der Waals surface area contributed by atoms with E-state index in [0.29, 0.717) is 18.7 Å². The number of carbonyl (C=O) groups excluding carboxylic acids is 2. The molecule has 1 rings (SSSR count). The highest BCUT2D eigenvalue weighted by molar-refractivity contribution is 8.13. The molecule has 3 N–H and O–H groups in total. The van der Waals surface area contributed by atoms with Crippen LogP contribution in [0.15, 0.2) is 0 Å². The van der Waals surface area contributed by atoms with Crippen LogP contribution in [0.25, 0.3) is 0 Å². The highest BCUT2D eigenvalue weighted by Gasteiger charge is 2.32. The molecule has 1 unspecified atom stereocenters. The lowest BCUT2D eigenvalue weighted by atomic mass is 10.1. The van der Waals surface area contributed by atoms with Crippen molar-refractivity contribution >= 4 is 28.8 Å². The number of nitrogens with two attached hydrogens (primary N) is 1. The summed E-state index contributed by atoms with van der Waals surface area (Å²) in [5.74, 6) is -0.817. The number of nitrogens with zero attached hydrogens (tertiary/aromatic N) is 1. The number of likely N-dealkylation sites (tertiary alicyclic amines) is 1. The molecule has 1 aliphatic rings. The Balaban J connectivity index is 2.57. The largest absolute Gasteiger partial charge is 0.480 e. The van der Waals surface area contributed by atoms with E-state index in [1.165, 1.54) is 6.92 Å². The average Bonchev–Trinajstić information content (AvgIpc) is 2.73.